The van der Waals surface area contributed by atoms with Gasteiger partial charge in [0.05, 0.1) is 11.3 Å². The second-order valence-electron chi connectivity index (χ2n) is 6.66. The summed E-state index contributed by atoms with van der Waals surface area (Å²) >= 11 is 0. The summed E-state index contributed by atoms with van der Waals surface area (Å²) in [5.41, 5.74) is 1.17. The van der Waals surface area contributed by atoms with Crippen molar-refractivity contribution in [2.75, 3.05) is 6.73 Å². The molecule has 2 aromatic rings. The molecule has 1 saturated heterocycles. The van der Waals surface area contributed by atoms with Crippen LogP contribution in [0.5, 0.6) is 5.75 Å². The fraction of sp³-hybridized carbons (Fsp3) is 0.286. The zero-order chi connectivity index (χ0) is 21.7. The van der Waals surface area contributed by atoms with E-state index in [4.69, 9.17) is 9.57 Å². The maximum absolute atomic E-state index is 12.6. The zero-order valence-corrected chi connectivity index (χ0v) is 16.1. The number of oxime groups is 1. The Morgan fingerprint density at radius 3 is 2.17 bits per heavy atom. The first-order chi connectivity index (χ1) is 14.2. The van der Waals surface area contributed by atoms with Gasteiger partial charge < -0.3 is 9.57 Å². The molecule has 2 amide bonds. The van der Waals surface area contributed by atoms with Gasteiger partial charge in [-0.05, 0) is 54.4 Å². The maximum Gasteiger partial charge on any atom is 0.416 e. The molecular weight excluding hydrogens is 401 g/mol. The number of nitrogens with zero attached hydrogens (tertiary/aromatic N) is 2. The number of rotatable bonds is 7. The largest absolute Gasteiger partial charge is 0.473 e. The molecule has 0 radical (unpaired) electrons. The first kappa shape index (κ1) is 21.4. The Bertz CT molecular complexity index is 922. The quantitative estimate of drug-likeness (QED) is 0.384. The molecule has 1 heterocycles. The standard InChI is InChI=1S/C21H19F3N2O4/c1-14(25-30-12-15-2-6-17(7-3-15)21(22,23)24)16-4-8-18(9-5-16)29-13-26-19(27)10-11-20(26)28/h2-9H,10-13H2,1H3/b25-14+. The monoisotopic (exact) mass is 420 g/mol. The minimum Gasteiger partial charge on any atom is -0.473 e. The van der Waals surface area contributed by atoms with Gasteiger partial charge in [-0.15, -0.1) is 0 Å². The number of benzene rings is 2. The molecule has 158 valence electrons. The third-order valence-corrected chi connectivity index (χ3v) is 4.50. The normalized spacial score (nSPS) is 14.9. The van der Waals surface area contributed by atoms with Gasteiger partial charge in [-0.2, -0.15) is 13.2 Å². The van der Waals surface area contributed by atoms with E-state index in [1.165, 1.54) is 12.1 Å². The highest BCUT2D eigenvalue weighted by Crippen LogP contribution is 2.29. The van der Waals surface area contributed by atoms with Crippen LogP contribution in [0, 0.1) is 0 Å². The van der Waals surface area contributed by atoms with Crippen molar-refractivity contribution >= 4 is 17.5 Å². The van der Waals surface area contributed by atoms with Crippen LogP contribution in [0.25, 0.3) is 0 Å². The Labute approximate surface area is 170 Å². The van der Waals surface area contributed by atoms with Crippen molar-refractivity contribution in [3.05, 3.63) is 65.2 Å². The van der Waals surface area contributed by atoms with Crippen LogP contribution < -0.4 is 4.74 Å². The maximum atomic E-state index is 12.6. The van der Waals surface area contributed by atoms with E-state index in [0.717, 1.165) is 22.6 Å². The van der Waals surface area contributed by atoms with Crippen molar-refractivity contribution in [2.45, 2.75) is 32.5 Å². The van der Waals surface area contributed by atoms with E-state index in [9.17, 15) is 22.8 Å². The zero-order valence-electron chi connectivity index (χ0n) is 16.1. The summed E-state index contributed by atoms with van der Waals surface area (Å²) in [4.78, 5) is 29.4. The molecule has 2 aromatic carbocycles. The van der Waals surface area contributed by atoms with Crippen LogP contribution in [0.15, 0.2) is 53.7 Å². The first-order valence-electron chi connectivity index (χ1n) is 9.13. The number of carbonyl (C=O) groups is 2. The Morgan fingerprint density at radius 2 is 1.60 bits per heavy atom. The van der Waals surface area contributed by atoms with Crippen LogP contribution in [-0.2, 0) is 27.2 Å². The van der Waals surface area contributed by atoms with E-state index < -0.39 is 11.7 Å². The third-order valence-electron chi connectivity index (χ3n) is 4.50. The van der Waals surface area contributed by atoms with E-state index in [-0.39, 0.29) is 38.0 Å². The molecule has 0 atom stereocenters. The molecule has 9 heteroatoms. The summed E-state index contributed by atoms with van der Waals surface area (Å²) in [5.74, 6) is -0.000640. The Balaban J connectivity index is 1.51. The van der Waals surface area contributed by atoms with Crippen LogP contribution >= 0.6 is 0 Å². The molecule has 0 aliphatic carbocycles. The summed E-state index contributed by atoms with van der Waals surface area (Å²) in [6.07, 6.45) is -3.95. The van der Waals surface area contributed by atoms with Gasteiger partial charge in [-0.3, -0.25) is 9.59 Å². The first-order valence-corrected chi connectivity index (χ1v) is 9.13. The number of amides is 2. The fourth-order valence-corrected chi connectivity index (χ4v) is 2.74. The van der Waals surface area contributed by atoms with Gasteiger partial charge in [0.25, 0.3) is 0 Å². The van der Waals surface area contributed by atoms with Crippen molar-refractivity contribution in [1.29, 1.82) is 0 Å². The molecular formula is C21H19F3N2O4. The molecule has 0 bridgehead atoms. The fourth-order valence-electron chi connectivity index (χ4n) is 2.74. The number of carbonyl (C=O) groups excluding carboxylic acids is 2. The average molecular weight is 420 g/mol. The lowest BCUT2D eigenvalue weighted by Gasteiger charge is -2.14. The lowest BCUT2D eigenvalue weighted by molar-refractivity contribution is -0.141. The van der Waals surface area contributed by atoms with Gasteiger partial charge in [0.1, 0.15) is 12.4 Å². The highest BCUT2D eigenvalue weighted by molar-refractivity contribution is 6.01. The number of alkyl halides is 3. The lowest BCUT2D eigenvalue weighted by atomic mass is 10.1. The van der Waals surface area contributed by atoms with Gasteiger partial charge in [0, 0.05) is 12.8 Å². The molecule has 30 heavy (non-hydrogen) atoms. The Hall–Kier alpha value is -3.36. The van der Waals surface area contributed by atoms with Gasteiger partial charge in [-0.25, -0.2) is 4.90 Å². The molecule has 0 spiro atoms. The Morgan fingerprint density at radius 1 is 1.00 bits per heavy atom. The minimum absolute atomic E-state index is 0.0363. The van der Waals surface area contributed by atoms with Crippen LogP contribution in [0.2, 0.25) is 0 Å². The number of hydrogen-bond donors (Lipinski definition) is 0. The highest BCUT2D eigenvalue weighted by Gasteiger charge is 2.30. The summed E-state index contributed by atoms with van der Waals surface area (Å²) in [6, 6.07) is 11.5. The summed E-state index contributed by atoms with van der Waals surface area (Å²) in [5, 5.41) is 3.98. The molecule has 0 saturated carbocycles. The predicted molar refractivity (Wildman–Crippen MR) is 101 cm³/mol. The van der Waals surface area contributed by atoms with Crippen LogP contribution in [0.4, 0.5) is 13.2 Å². The molecule has 1 aliphatic heterocycles. The topological polar surface area (TPSA) is 68.2 Å². The number of likely N-dealkylation sites (tertiary alicyclic amines) is 1. The van der Waals surface area contributed by atoms with Crippen molar-refractivity contribution in [3.8, 4) is 5.75 Å². The lowest BCUT2D eigenvalue weighted by Crippen LogP contribution is -2.32. The van der Waals surface area contributed by atoms with E-state index in [1.54, 1.807) is 31.2 Å². The molecule has 0 unspecified atom stereocenters. The number of hydrogen-bond acceptors (Lipinski definition) is 5. The average Bonchev–Trinajstić information content (AvgIpc) is 3.04. The predicted octanol–water partition coefficient (Wildman–Crippen LogP) is 4.13. The van der Waals surface area contributed by atoms with E-state index >= 15 is 0 Å². The number of ether oxygens (including phenoxy) is 1. The van der Waals surface area contributed by atoms with E-state index in [1.807, 2.05) is 0 Å². The second kappa shape index (κ2) is 8.98. The van der Waals surface area contributed by atoms with Gasteiger partial charge in [0.2, 0.25) is 11.8 Å². The minimum atomic E-state index is -4.37. The van der Waals surface area contributed by atoms with Crippen LogP contribution in [-0.4, -0.2) is 29.2 Å². The second-order valence-corrected chi connectivity index (χ2v) is 6.66. The van der Waals surface area contributed by atoms with Gasteiger partial charge in [0.15, 0.2) is 6.73 Å². The Kier molecular flexibility index (Phi) is 6.39. The van der Waals surface area contributed by atoms with Crippen molar-refractivity contribution in [1.82, 2.24) is 4.90 Å². The molecule has 6 nitrogen and oxygen atoms in total. The van der Waals surface area contributed by atoms with Crippen LogP contribution in [0.1, 0.15) is 36.5 Å². The van der Waals surface area contributed by atoms with Crippen molar-refractivity contribution in [2.24, 2.45) is 5.16 Å². The van der Waals surface area contributed by atoms with E-state index in [0.29, 0.717) is 17.0 Å². The SMILES string of the molecule is C/C(=N\OCc1ccc(C(F)(F)F)cc1)c1ccc(OCN2C(=O)CCC2=O)cc1. The molecule has 1 fully saturated rings. The highest BCUT2D eigenvalue weighted by atomic mass is 19.4. The van der Waals surface area contributed by atoms with Crippen molar-refractivity contribution in [3.63, 3.8) is 0 Å². The van der Waals surface area contributed by atoms with Gasteiger partial charge in [-0.1, -0.05) is 17.3 Å². The number of halogens is 3. The van der Waals surface area contributed by atoms with Crippen LogP contribution in [0.3, 0.4) is 0 Å². The summed E-state index contributed by atoms with van der Waals surface area (Å²) in [7, 11) is 0. The summed E-state index contributed by atoms with van der Waals surface area (Å²) < 4.78 is 43.2. The smallest absolute Gasteiger partial charge is 0.416 e. The third kappa shape index (κ3) is 5.37. The molecule has 0 aromatic heterocycles. The molecule has 3 rings (SSSR count). The molecule has 0 N–H and O–H groups in total. The van der Waals surface area contributed by atoms with Gasteiger partial charge >= 0.3 is 6.18 Å². The number of imide groups is 1. The van der Waals surface area contributed by atoms with Crippen molar-refractivity contribution < 1.29 is 32.3 Å². The summed E-state index contributed by atoms with van der Waals surface area (Å²) in [6.45, 7) is 1.64. The van der Waals surface area contributed by atoms with E-state index in [2.05, 4.69) is 5.16 Å². The molecule has 1 aliphatic rings.